The van der Waals surface area contributed by atoms with Gasteiger partial charge in [0.2, 0.25) is 0 Å². The third-order valence-electron chi connectivity index (χ3n) is 2.02. The molecule has 0 aromatic heterocycles. The normalized spacial score (nSPS) is 36.3. The van der Waals surface area contributed by atoms with Crippen LogP contribution in [0.3, 0.4) is 0 Å². The fraction of sp³-hybridized carbons (Fsp3) is 0.714. The Morgan fingerprint density at radius 2 is 2.64 bits per heavy atom. The zero-order valence-electron chi connectivity index (χ0n) is 6.25. The first-order valence-corrected chi connectivity index (χ1v) is 4.86. The molecule has 4 heteroatoms. The molecule has 0 amide bonds. The first-order chi connectivity index (χ1) is 5.36. The lowest BCUT2D eigenvalue weighted by Crippen LogP contribution is -2.42. The average molecular weight is 172 g/mol. The minimum absolute atomic E-state index is 0.0548. The van der Waals surface area contributed by atoms with Gasteiger partial charge in [0, 0.05) is 11.7 Å². The summed E-state index contributed by atoms with van der Waals surface area (Å²) in [4.78, 5) is 0. The molecule has 1 saturated heterocycles. The number of hydrogen-bond acceptors (Lipinski definition) is 4. The van der Waals surface area contributed by atoms with Gasteiger partial charge in [-0.25, -0.2) is 0 Å². The molecule has 2 rings (SSSR count). The van der Waals surface area contributed by atoms with Gasteiger partial charge in [-0.3, -0.25) is 0 Å². The summed E-state index contributed by atoms with van der Waals surface area (Å²) in [5, 5.41) is 3.20. The maximum absolute atomic E-state index is 5.70. The van der Waals surface area contributed by atoms with E-state index >= 15 is 0 Å². The highest BCUT2D eigenvalue weighted by atomic mass is 32.2. The van der Waals surface area contributed by atoms with Crippen LogP contribution in [0.15, 0.2) is 12.0 Å². The van der Waals surface area contributed by atoms with Crippen LogP contribution < -0.4 is 11.1 Å². The van der Waals surface area contributed by atoms with E-state index in [1.807, 2.05) is 6.26 Å². The van der Waals surface area contributed by atoms with Gasteiger partial charge in [-0.1, -0.05) is 0 Å². The number of hydrogen-bond donors (Lipinski definition) is 2. The highest BCUT2D eigenvalue weighted by Gasteiger charge is 2.25. The highest BCUT2D eigenvalue weighted by Crippen LogP contribution is 2.28. The van der Waals surface area contributed by atoms with Crippen molar-refractivity contribution in [2.24, 2.45) is 11.7 Å². The van der Waals surface area contributed by atoms with Crippen molar-refractivity contribution in [3.8, 4) is 0 Å². The van der Waals surface area contributed by atoms with Crippen molar-refractivity contribution in [3.05, 3.63) is 12.0 Å². The summed E-state index contributed by atoms with van der Waals surface area (Å²) in [6.45, 7) is 0.853. The number of nitrogens with two attached hydrogens (primary N) is 1. The molecule has 0 saturated carbocycles. The monoisotopic (exact) mass is 172 g/mol. The Hall–Kier alpha value is -0.350. The summed E-state index contributed by atoms with van der Waals surface area (Å²) in [6, 6.07) is 0. The van der Waals surface area contributed by atoms with Gasteiger partial charge >= 0.3 is 0 Å². The predicted octanol–water partition coefficient (Wildman–Crippen LogP) is 0.443. The van der Waals surface area contributed by atoms with Gasteiger partial charge in [0.15, 0.2) is 0 Å². The van der Waals surface area contributed by atoms with E-state index in [-0.39, 0.29) is 5.50 Å². The summed E-state index contributed by atoms with van der Waals surface area (Å²) in [5.74, 6) is 1.78. The summed E-state index contributed by atoms with van der Waals surface area (Å²) in [7, 11) is 0. The van der Waals surface area contributed by atoms with E-state index in [1.165, 1.54) is 5.70 Å². The van der Waals surface area contributed by atoms with Crippen molar-refractivity contribution >= 4 is 11.8 Å². The van der Waals surface area contributed by atoms with E-state index in [0.29, 0.717) is 5.92 Å². The highest BCUT2D eigenvalue weighted by molar-refractivity contribution is 7.99. The number of nitrogens with one attached hydrogen (secondary N) is 1. The SMILES string of the molecule is NC1NC2=COCCC2CS1. The van der Waals surface area contributed by atoms with Gasteiger partial charge in [0.05, 0.1) is 12.3 Å². The van der Waals surface area contributed by atoms with Gasteiger partial charge in [-0.2, -0.15) is 0 Å². The Bertz CT molecular complexity index is 183. The maximum Gasteiger partial charge on any atom is 0.123 e. The predicted molar refractivity (Wildman–Crippen MR) is 45.7 cm³/mol. The van der Waals surface area contributed by atoms with Gasteiger partial charge in [-0.15, -0.1) is 11.8 Å². The van der Waals surface area contributed by atoms with Crippen LogP contribution in [-0.4, -0.2) is 17.9 Å². The second-order valence-corrected chi connectivity index (χ2v) is 4.00. The van der Waals surface area contributed by atoms with E-state index in [1.54, 1.807) is 11.8 Å². The molecule has 2 aliphatic rings. The lowest BCUT2D eigenvalue weighted by Gasteiger charge is -2.32. The van der Waals surface area contributed by atoms with E-state index < -0.39 is 0 Å². The Morgan fingerprint density at radius 1 is 1.73 bits per heavy atom. The minimum atomic E-state index is 0.0548. The Morgan fingerprint density at radius 3 is 3.55 bits per heavy atom. The summed E-state index contributed by atoms with van der Waals surface area (Å²) < 4.78 is 5.20. The standard InChI is InChI=1S/C7H12N2OS/c8-7-9-6-3-10-2-1-5(6)4-11-7/h3,5,7,9H,1-2,4,8H2. The fourth-order valence-electron chi connectivity index (χ4n) is 1.36. The zero-order chi connectivity index (χ0) is 7.68. The molecule has 0 aromatic rings. The number of rotatable bonds is 0. The first-order valence-electron chi connectivity index (χ1n) is 3.81. The second-order valence-electron chi connectivity index (χ2n) is 2.83. The second kappa shape index (κ2) is 2.95. The van der Waals surface area contributed by atoms with E-state index in [9.17, 15) is 0 Å². The third kappa shape index (κ3) is 1.46. The minimum Gasteiger partial charge on any atom is -0.499 e. The fourth-order valence-corrected chi connectivity index (χ4v) is 2.37. The number of fused-ring (bicyclic) bond motifs is 1. The smallest absolute Gasteiger partial charge is 0.123 e. The number of allylic oxidation sites excluding steroid dienone is 1. The van der Waals surface area contributed by atoms with Crippen molar-refractivity contribution in [2.75, 3.05) is 12.4 Å². The van der Waals surface area contributed by atoms with Crippen molar-refractivity contribution in [3.63, 3.8) is 0 Å². The molecule has 11 heavy (non-hydrogen) atoms. The first kappa shape index (κ1) is 7.31. The van der Waals surface area contributed by atoms with Crippen molar-refractivity contribution < 1.29 is 4.74 Å². The molecule has 2 aliphatic heterocycles. The van der Waals surface area contributed by atoms with E-state index in [0.717, 1.165) is 18.8 Å². The van der Waals surface area contributed by atoms with Crippen molar-refractivity contribution in [2.45, 2.75) is 11.9 Å². The van der Waals surface area contributed by atoms with E-state index in [2.05, 4.69) is 5.32 Å². The molecule has 0 spiro atoms. The van der Waals surface area contributed by atoms with Crippen LogP contribution >= 0.6 is 11.8 Å². The Labute approximate surface area is 70.4 Å². The quantitative estimate of drug-likeness (QED) is 0.556. The van der Waals surface area contributed by atoms with Crippen LogP contribution in [0.1, 0.15) is 6.42 Å². The van der Waals surface area contributed by atoms with Crippen molar-refractivity contribution in [1.29, 1.82) is 0 Å². The van der Waals surface area contributed by atoms with Gasteiger partial charge < -0.3 is 15.8 Å². The molecule has 3 nitrogen and oxygen atoms in total. The molecule has 2 unspecified atom stereocenters. The van der Waals surface area contributed by atoms with Crippen molar-refractivity contribution in [1.82, 2.24) is 5.32 Å². The molecule has 0 bridgehead atoms. The van der Waals surface area contributed by atoms with Crippen LogP contribution in [0.2, 0.25) is 0 Å². The largest absolute Gasteiger partial charge is 0.499 e. The molecule has 2 heterocycles. The Balaban J connectivity index is 2.07. The van der Waals surface area contributed by atoms with Gasteiger partial charge in [0.1, 0.15) is 11.8 Å². The topological polar surface area (TPSA) is 47.3 Å². The van der Waals surface area contributed by atoms with E-state index in [4.69, 9.17) is 10.5 Å². The third-order valence-corrected chi connectivity index (χ3v) is 3.09. The number of ether oxygens (including phenoxy) is 1. The lowest BCUT2D eigenvalue weighted by molar-refractivity contribution is 0.198. The summed E-state index contributed by atoms with van der Waals surface area (Å²) >= 11 is 1.77. The summed E-state index contributed by atoms with van der Waals surface area (Å²) in [5.41, 5.74) is 6.93. The molecule has 3 N–H and O–H groups in total. The van der Waals surface area contributed by atoms with Crippen LogP contribution in [0.4, 0.5) is 0 Å². The molecule has 0 aliphatic carbocycles. The molecular weight excluding hydrogens is 160 g/mol. The van der Waals surface area contributed by atoms with Crippen LogP contribution in [0.25, 0.3) is 0 Å². The van der Waals surface area contributed by atoms with Gasteiger partial charge in [-0.05, 0) is 6.42 Å². The molecular formula is C7H12N2OS. The lowest BCUT2D eigenvalue weighted by atomic mass is 10.0. The van der Waals surface area contributed by atoms with Gasteiger partial charge in [0.25, 0.3) is 0 Å². The van der Waals surface area contributed by atoms with Crippen LogP contribution in [-0.2, 0) is 4.74 Å². The zero-order valence-corrected chi connectivity index (χ0v) is 7.06. The molecule has 2 atom stereocenters. The maximum atomic E-state index is 5.70. The molecule has 62 valence electrons. The molecule has 0 aromatic carbocycles. The average Bonchev–Trinajstić information content (AvgIpc) is 2.04. The molecule has 1 fully saturated rings. The number of thioether (sulfide) groups is 1. The Kier molecular flexibility index (Phi) is 1.96. The van der Waals surface area contributed by atoms with Crippen LogP contribution in [0.5, 0.6) is 0 Å². The molecule has 0 radical (unpaired) electrons. The summed E-state index contributed by atoms with van der Waals surface area (Å²) in [6.07, 6.45) is 2.94. The van der Waals surface area contributed by atoms with Crippen LogP contribution in [0, 0.1) is 5.92 Å².